The van der Waals surface area contributed by atoms with Gasteiger partial charge in [0.15, 0.2) is 0 Å². The molecule has 0 aliphatic heterocycles. The maximum Gasteiger partial charge on any atom is 0.244 e. The first-order valence-electron chi connectivity index (χ1n) is 5.69. The molecule has 1 amide bonds. The molecule has 4 nitrogen and oxygen atoms in total. The number of carbonyl (C=O) groups excluding carboxylic acids is 1. The van der Waals surface area contributed by atoms with Crippen LogP contribution in [0.15, 0.2) is 30.3 Å². The summed E-state index contributed by atoms with van der Waals surface area (Å²) in [6.45, 7) is 4.07. The van der Waals surface area contributed by atoms with E-state index < -0.39 is 11.4 Å². The van der Waals surface area contributed by atoms with Crippen LogP contribution in [0.1, 0.15) is 19.4 Å². The molecule has 0 saturated carbocycles. The van der Waals surface area contributed by atoms with Crippen LogP contribution >= 0.6 is 0 Å². The molecular formula is C13H20N2O2. The van der Waals surface area contributed by atoms with Crippen molar-refractivity contribution in [3.63, 3.8) is 0 Å². The highest BCUT2D eigenvalue weighted by molar-refractivity contribution is 5.86. The first-order chi connectivity index (χ1) is 8.03. The van der Waals surface area contributed by atoms with Crippen LogP contribution in [0, 0.1) is 0 Å². The molecule has 1 aromatic carbocycles. The average molecular weight is 236 g/mol. The van der Waals surface area contributed by atoms with Crippen molar-refractivity contribution in [2.24, 2.45) is 5.73 Å². The molecule has 0 radical (unpaired) electrons. The predicted molar refractivity (Wildman–Crippen MR) is 67.5 cm³/mol. The van der Waals surface area contributed by atoms with Crippen molar-refractivity contribution in [2.75, 3.05) is 13.7 Å². The van der Waals surface area contributed by atoms with Crippen LogP contribution in [-0.4, -0.2) is 25.7 Å². The zero-order valence-electron chi connectivity index (χ0n) is 10.6. The molecule has 0 fully saturated rings. The molecule has 0 aliphatic rings. The second kappa shape index (κ2) is 5.80. The Morgan fingerprint density at radius 3 is 2.41 bits per heavy atom. The number of rotatable bonds is 6. The highest BCUT2D eigenvalue weighted by atomic mass is 16.5. The maximum atomic E-state index is 11.7. The lowest BCUT2D eigenvalue weighted by molar-refractivity contribution is -0.128. The molecule has 1 unspecified atom stereocenters. The van der Waals surface area contributed by atoms with Crippen molar-refractivity contribution in [2.45, 2.75) is 25.5 Å². The number of benzene rings is 1. The molecule has 4 heteroatoms. The minimum atomic E-state index is -0.967. The lowest BCUT2D eigenvalue weighted by Crippen LogP contribution is -2.54. The molecule has 94 valence electrons. The van der Waals surface area contributed by atoms with Gasteiger partial charge in [-0.1, -0.05) is 30.3 Å². The second-order valence-corrected chi connectivity index (χ2v) is 4.25. The number of carbonyl (C=O) groups is 1. The lowest BCUT2D eigenvalue weighted by atomic mass is 9.90. The molecule has 0 bridgehead atoms. The Kier molecular flexibility index (Phi) is 4.66. The quantitative estimate of drug-likeness (QED) is 0.775. The number of hydrogen-bond acceptors (Lipinski definition) is 3. The average Bonchev–Trinajstić information content (AvgIpc) is 2.31. The second-order valence-electron chi connectivity index (χ2n) is 4.25. The smallest absolute Gasteiger partial charge is 0.244 e. The first-order valence-corrected chi connectivity index (χ1v) is 5.69. The molecule has 0 spiro atoms. The lowest BCUT2D eigenvalue weighted by Gasteiger charge is -2.31. The van der Waals surface area contributed by atoms with Crippen molar-refractivity contribution in [1.29, 1.82) is 0 Å². The third kappa shape index (κ3) is 3.05. The normalized spacial score (nSPS) is 14.6. The summed E-state index contributed by atoms with van der Waals surface area (Å²) in [6.07, 6.45) is 0.0470. The van der Waals surface area contributed by atoms with Crippen molar-refractivity contribution in [1.82, 2.24) is 5.32 Å². The van der Waals surface area contributed by atoms with E-state index in [4.69, 9.17) is 10.5 Å². The summed E-state index contributed by atoms with van der Waals surface area (Å²) in [5, 5.41) is 2.99. The number of likely N-dealkylation sites (N-methyl/N-ethyl adjacent to an activating group) is 1. The molecule has 1 aromatic rings. The molecule has 17 heavy (non-hydrogen) atoms. The number of nitrogens with one attached hydrogen (secondary N) is 1. The molecule has 0 heterocycles. The van der Waals surface area contributed by atoms with Gasteiger partial charge >= 0.3 is 0 Å². The fourth-order valence-electron chi connectivity index (χ4n) is 1.65. The summed E-state index contributed by atoms with van der Waals surface area (Å²) in [6, 6.07) is 9.38. The maximum absolute atomic E-state index is 11.7. The number of ether oxygens (including phenoxy) is 1. The van der Waals surface area contributed by atoms with Gasteiger partial charge in [0, 0.05) is 0 Å². The minimum Gasteiger partial charge on any atom is -0.376 e. The SMILES string of the molecule is CNC(COC(C)C)(C(N)=O)c1ccccc1. The van der Waals surface area contributed by atoms with Gasteiger partial charge < -0.3 is 15.8 Å². The fourth-order valence-corrected chi connectivity index (χ4v) is 1.65. The number of nitrogens with two attached hydrogens (primary N) is 1. The third-order valence-corrected chi connectivity index (χ3v) is 2.75. The highest BCUT2D eigenvalue weighted by Crippen LogP contribution is 2.21. The van der Waals surface area contributed by atoms with Crippen LogP contribution in [0.3, 0.4) is 0 Å². The van der Waals surface area contributed by atoms with Crippen LogP contribution in [0.25, 0.3) is 0 Å². The summed E-state index contributed by atoms with van der Waals surface area (Å²) >= 11 is 0. The molecular weight excluding hydrogens is 216 g/mol. The van der Waals surface area contributed by atoms with Gasteiger partial charge in [-0.25, -0.2) is 0 Å². The number of primary amides is 1. The molecule has 0 aromatic heterocycles. The summed E-state index contributed by atoms with van der Waals surface area (Å²) in [4.78, 5) is 11.7. The summed E-state index contributed by atoms with van der Waals surface area (Å²) < 4.78 is 5.55. The predicted octanol–water partition coefficient (Wildman–Crippen LogP) is 1.01. The molecule has 0 aliphatic carbocycles. The number of amides is 1. The summed E-state index contributed by atoms with van der Waals surface area (Å²) in [5.41, 5.74) is 5.37. The molecule has 0 saturated heterocycles. The van der Waals surface area contributed by atoms with Crippen LogP contribution < -0.4 is 11.1 Å². The number of hydrogen-bond donors (Lipinski definition) is 2. The summed E-state index contributed by atoms with van der Waals surface area (Å²) in [7, 11) is 1.71. The van der Waals surface area contributed by atoms with Gasteiger partial charge in [-0.3, -0.25) is 4.79 Å². The van der Waals surface area contributed by atoms with Gasteiger partial charge in [-0.15, -0.1) is 0 Å². The molecule has 1 rings (SSSR count). The highest BCUT2D eigenvalue weighted by Gasteiger charge is 2.37. The van der Waals surface area contributed by atoms with E-state index in [-0.39, 0.29) is 12.7 Å². The largest absolute Gasteiger partial charge is 0.376 e. The van der Waals surface area contributed by atoms with Crippen LogP contribution in [-0.2, 0) is 15.1 Å². The van der Waals surface area contributed by atoms with Gasteiger partial charge in [0.25, 0.3) is 0 Å². The van der Waals surface area contributed by atoms with E-state index in [1.54, 1.807) is 7.05 Å². The fraction of sp³-hybridized carbons (Fsp3) is 0.462. The first kappa shape index (κ1) is 13.7. The zero-order chi connectivity index (χ0) is 12.9. The van der Waals surface area contributed by atoms with Crippen LogP contribution in [0.2, 0.25) is 0 Å². The van der Waals surface area contributed by atoms with E-state index in [1.165, 1.54) is 0 Å². The van der Waals surface area contributed by atoms with E-state index in [0.717, 1.165) is 5.56 Å². The Hall–Kier alpha value is -1.39. The van der Waals surface area contributed by atoms with Crippen molar-refractivity contribution in [3.8, 4) is 0 Å². The van der Waals surface area contributed by atoms with Crippen LogP contribution in [0.5, 0.6) is 0 Å². The van der Waals surface area contributed by atoms with Crippen molar-refractivity contribution < 1.29 is 9.53 Å². The van der Waals surface area contributed by atoms with E-state index >= 15 is 0 Å². The standard InChI is InChI=1S/C13H20N2O2/c1-10(2)17-9-13(15-3,12(14)16)11-7-5-4-6-8-11/h4-8,10,15H,9H2,1-3H3,(H2,14,16). The van der Waals surface area contributed by atoms with E-state index in [0.29, 0.717) is 0 Å². The topological polar surface area (TPSA) is 64.3 Å². The van der Waals surface area contributed by atoms with Crippen LogP contribution in [0.4, 0.5) is 0 Å². The Morgan fingerprint density at radius 2 is 2.00 bits per heavy atom. The van der Waals surface area contributed by atoms with Gasteiger partial charge in [-0.2, -0.15) is 0 Å². The van der Waals surface area contributed by atoms with Gasteiger partial charge in [0.05, 0.1) is 12.7 Å². The van der Waals surface area contributed by atoms with Crippen molar-refractivity contribution in [3.05, 3.63) is 35.9 Å². The summed E-state index contributed by atoms with van der Waals surface area (Å²) in [5.74, 6) is -0.438. The third-order valence-electron chi connectivity index (χ3n) is 2.75. The van der Waals surface area contributed by atoms with E-state index in [2.05, 4.69) is 5.32 Å². The van der Waals surface area contributed by atoms with Gasteiger partial charge in [-0.05, 0) is 26.5 Å². The Balaban J connectivity index is 3.05. The Labute approximate surface area is 102 Å². The van der Waals surface area contributed by atoms with Crippen molar-refractivity contribution >= 4 is 5.91 Å². The minimum absolute atomic E-state index is 0.0470. The van der Waals surface area contributed by atoms with E-state index in [1.807, 2.05) is 44.2 Å². The monoisotopic (exact) mass is 236 g/mol. The van der Waals surface area contributed by atoms with Gasteiger partial charge in [0.2, 0.25) is 5.91 Å². The Bertz CT molecular complexity index is 365. The zero-order valence-corrected chi connectivity index (χ0v) is 10.6. The molecule has 1 atom stereocenters. The Morgan fingerprint density at radius 1 is 1.41 bits per heavy atom. The molecule has 3 N–H and O–H groups in total. The van der Waals surface area contributed by atoms with Gasteiger partial charge in [0.1, 0.15) is 5.54 Å². The van der Waals surface area contributed by atoms with E-state index in [9.17, 15) is 4.79 Å².